The van der Waals surface area contributed by atoms with Gasteiger partial charge in [0, 0.05) is 31.1 Å². The van der Waals surface area contributed by atoms with Crippen LogP contribution in [0, 0.1) is 0 Å². The molecule has 0 saturated carbocycles. The molecule has 5 nitrogen and oxygen atoms in total. The van der Waals surface area contributed by atoms with Gasteiger partial charge < -0.3 is 15.0 Å². The van der Waals surface area contributed by atoms with Gasteiger partial charge in [0.25, 0.3) is 5.91 Å². The van der Waals surface area contributed by atoms with Crippen molar-refractivity contribution in [1.82, 2.24) is 10.2 Å². The van der Waals surface area contributed by atoms with Gasteiger partial charge in [-0.25, -0.2) is 0 Å². The van der Waals surface area contributed by atoms with Gasteiger partial charge in [0.1, 0.15) is 0 Å². The largest absolute Gasteiger partial charge is 0.375 e. The van der Waals surface area contributed by atoms with E-state index >= 15 is 0 Å². The van der Waals surface area contributed by atoms with Crippen LogP contribution in [0.4, 0.5) is 0 Å². The number of carbonyl (C=O) groups is 2. The lowest BCUT2D eigenvalue weighted by Crippen LogP contribution is -2.47. The van der Waals surface area contributed by atoms with E-state index in [1.54, 1.807) is 12.1 Å². The van der Waals surface area contributed by atoms with Crippen molar-refractivity contribution in [3.8, 4) is 0 Å². The van der Waals surface area contributed by atoms with Crippen molar-refractivity contribution in [2.24, 2.45) is 0 Å². The van der Waals surface area contributed by atoms with Crippen LogP contribution in [0.5, 0.6) is 0 Å². The summed E-state index contributed by atoms with van der Waals surface area (Å²) in [6.07, 6.45) is 1.35. The highest BCUT2D eigenvalue weighted by Gasteiger charge is 2.24. The summed E-state index contributed by atoms with van der Waals surface area (Å²) < 4.78 is 5.57. The molecule has 0 spiro atoms. The zero-order valence-electron chi connectivity index (χ0n) is 13.2. The number of hydrogen-bond donors (Lipinski definition) is 1. The van der Waals surface area contributed by atoms with Crippen molar-refractivity contribution in [2.75, 3.05) is 19.7 Å². The number of rotatable bonds is 5. The van der Waals surface area contributed by atoms with Gasteiger partial charge in [0.15, 0.2) is 0 Å². The van der Waals surface area contributed by atoms with Gasteiger partial charge in [-0.1, -0.05) is 25.1 Å². The normalized spacial score (nSPS) is 19.5. The predicted octanol–water partition coefficient (Wildman–Crippen LogP) is 1.83. The first kappa shape index (κ1) is 16.5. The molecule has 2 atom stereocenters. The van der Waals surface area contributed by atoms with Gasteiger partial charge in [-0.3, -0.25) is 9.59 Å². The number of amides is 2. The van der Waals surface area contributed by atoms with Crippen LogP contribution in [0.3, 0.4) is 0 Å². The molecule has 1 fully saturated rings. The Hall–Kier alpha value is -1.88. The third-order valence-electron chi connectivity index (χ3n) is 3.84. The molecule has 2 rings (SSSR count). The molecule has 0 bridgehead atoms. The maximum atomic E-state index is 12.3. The van der Waals surface area contributed by atoms with Crippen molar-refractivity contribution in [1.29, 1.82) is 0 Å². The third kappa shape index (κ3) is 4.56. The lowest BCUT2D eigenvalue weighted by atomic mass is 10.1. The van der Waals surface area contributed by atoms with E-state index in [-0.39, 0.29) is 24.0 Å². The molecular weight excluding hydrogens is 280 g/mol. The van der Waals surface area contributed by atoms with Crippen molar-refractivity contribution in [3.05, 3.63) is 35.9 Å². The molecule has 2 amide bonds. The van der Waals surface area contributed by atoms with Crippen LogP contribution < -0.4 is 5.32 Å². The van der Waals surface area contributed by atoms with Crippen LogP contribution >= 0.6 is 0 Å². The molecule has 1 saturated heterocycles. The van der Waals surface area contributed by atoms with E-state index in [9.17, 15) is 9.59 Å². The second-order valence-corrected chi connectivity index (χ2v) is 5.69. The molecule has 2 unspecified atom stereocenters. The third-order valence-corrected chi connectivity index (χ3v) is 3.84. The SMILES string of the molecule is CCC1CN(C(=O)CC(C)NC(=O)c2ccccc2)CCO1. The molecule has 1 heterocycles. The lowest BCUT2D eigenvalue weighted by Gasteiger charge is -2.33. The Labute approximate surface area is 131 Å². The summed E-state index contributed by atoms with van der Waals surface area (Å²) in [7, 11) is 0. The Bertz CT molecular complexity index is 504. The van der Waals surface area contributed by atoms with E-state index in [0.717, 1.165) is 6.42 Å². The van der Waals surface area contributed by atoms with Gasteiger partial charge in [-0.05, 0) is 25.5 Å². The van der Waals surface area contributed by atoms with Crippen LogP contribution in [-0.2, 0) is 9.53 Å². The number of nitrogens with zero attached hydrogens (tertiary/aromatic N) is 1. The van der Waals surface area contributed by atoms with Gasteiger partial charge in [-0.2, -0.15) is 0 Å². The summed E-state index contributed by atoms with van der Waals surface area (Å²) in [5.74, 6) is -0.0723. The highest BCUT2D eigenvalue weighted by molar-refractivity contribution is 5.94. The number of hydrogen-bond acceptors (Lipinski definition) is 3. The molecule has 22 heavy (non-hydrogen) atoms. The minimum atomic E-state index is -0.192. The van der Waals surface area contributed by atoms with E-state index in [4.69, 9.17) is 4.74 Å². The first-order valence-electron chi connectivity index (χ1n) is 7.85. The number of benzene rings is 1. The van der Waals surface area contributed by atoms with Crippen molar-refractivity contribution in [2.45, 2.75) is 38.8 Å². The molecule has 1 N–H and O–H groups in total. The molecule has 1 aliphatic heterocycles. The van der Waals surface area contributed by atoms with Crippen LogP contribution in [0.1, 0.15) is 37.0 Å². The zero-order valence-corrected chi connectivity index (χ0v) is 13.2. The molecule has 0 aliphatic carbocycles. The van der Waals surface area contributed by atoms with Crippen molar-refractivity contribution >= 4 is 11.8 Å². The zero-order chi connectivity index (χ0) is 15.9. The summed E-state index contributed by atoms with van der Waals surface area (Å²) in [5.41, 5.74) is 0.610. The Kier molecular flexibility index (Phi) is 5.95. The molecule has 120 valence electrons. The summed E-state index contributed by atoms with van der Waals surface area (Å²) in [6, 6.07) is 8.84. The van der Waals surface area contributed by atoms with E-state index in [1.807, 2.05) is 30.0 Å². The smallest absolute Gasteiger partial charge is 0.251 e. The van der Waals surface area contributed by atoms with Crippen LogP contribution in [0.15, 0.2) is 30.3 Å². The Balaban J connectivity index is 1.82. The van der Waals surface area contributed by atoms with Crippen molar-refractivity contribution in [3.63, 3.8) is 0 Å². The van der Waals surface area contributed by atoms with Crippen LogP contribution in [0.25, 0.3) is 0 Å². The Morgan fingerprint density at radius 1 is 1.36 bits per heavy atom. The molecular formula is C17H24N2O3. The number of carbonyl (C=O) groups excluding carboxylic acids is 2. The standard InChI is InChI=1S/C17H24N2O3/c1-3-15-12-19(9-10-22-15)16(20)11-13(2)18-17(21)14-7-5-4-6-8-14/h4-8,13,15H,3,9-12H2,1-2H3,(H,18,21). The van der Waals surface area contributed by atoms with Crippen molar-refractivity contribution < 1.29 is 14.3 Å². The molecule has 1 aromatic carbocycles. The second-order valence-electron chi connectivity index (χ2n) is 5.69. The van der Waals surface area contributed by atoms with E-state index < -0.39 is 0 Å². The Morgan fingerprint density at radius 3 is 2.77 bits per heavy atom. The van der Waals surface area contributed by atoms with Gasteiger partial charge in [-0.15, -0.1) is 0 Å². The fraction of sp³-hybridized carbons (Fsp3) is 0.529. The highest BCUT2D eigenvalue weighted by Crippen LogP contribution is 2.10. The second kappa shape index (κ2) is 7.94. The number of ether oxygens (including phenoxy) is 1. The minimum absolute atomic E-state index is 0.0719. The monoisotopic (exact) mass is 304 g/mol. The molecule has 0 aromatic heterocycles. The molecule has 5 heteroatoms. The van der Waals surface area contributed by atoms with E-state index in [2.05, 4.69) is 12.2 Å². The summed E-state index contributed by atoms with van der Waals surface area (Å²) >= 11 is 0. The summed E-state index contributed by atoms with van der Waals surface area (Å²) in [6.45, 7) is 5.79. The van der Waals surface area contributed by atoms with Crippen LogP contribution in [0.2, 0.25) is 0 Å². The van der Waals surface area contributed by atoms with E-state index in [0.29, 0.717) is 31.7 Å². The summed E-state index contributed by atoms with van der Waals surface area (Å²) in [5, 5.41) is 2.87. The highest BCUT2D eigenvalue weighted by atomic mass is 16.5. The number of nitrogens with one attached hydrogen (secondary N) is 1. The maximum Gasteiger partial charge on any atom is 0.251 e. The number of morpholine rings is 1. The fourth-order valence-corrected chi connectivity index (χ4v) is 2.53. The maximum absolute atomic E-state index is 12.3. The average molecular weight is 304 g/mol. The van der Waals surface area contributed by atoms with E-state index in [1.165, 1.54) is 0 Å². The molecule has 1 aromatic rings. The first-order valence-corrected chi connectivity index (χ1v) is 7.85. The van der Waals surface area contributed by atoms with Gasteiger partial charge >= 0.3 is 0 Å². The first-order chi connectivity index (χ1) is 10.6. The topological polar surface area (TPSA) is 58.6 Å². The van der Waals surface area contributed by atoms with Gasteiger partial charge in [0.2, 0.25) is 5.91 Å². The molecule has 0 radical (unpaired) electrons. The predicted molar refractivity (Wildman–Crippen MR) is 84.6 cm³/mol. The minimum Gasteiger partial charge on any atom is -0.375 e. The van der Waals surface area contributed by atoms with Gasteiger partial charge in [0.05, 0.1) is 12.7 Å². The lowest BCUT2D eigenvalue weighted by molar-refractivity contribution is -0.139. The fourth-order valence-electron chi connectivity index (χ4n) is 2.53. The Morgan fingerprint density at radius 2 is 2.09 bits per heavy atom. The quantitative estimate of drug-likeness (QED) is 0.903. The molecule has 1 aliphatic rings. The average Bonchev–Trinajstić information content (AvgIpc) is 2.55. The van der Waals surface area contributed by atoms with Crippen LogP contribution in [-0.4, -0.2) is 48.6 Å². The summed E-state index contributed by atoms with van der Waals surface area (Å²) in [4.78, 5) is 26.2.